The Morgan fingerprint density at radius 3 is 2.88 bits per heavy atom. The number of benzene rings is 1. The molecule has 1 fully saturated rings. The lowest BCUT2D eigenvalue weighted by Crippen LogP contribution is -2.34. The molecule has 0 bridgehead atoms. The van der Waals surface area contributed by atoms with Gasteiger partial charge in [0.2, 0.25) is 11.8 Å². The number of methoxy groups -OCH3 is 1. The average Bonchev–Trinajstić information content (AvgIpc) is 3.25. The normalized spacial score (nSPS) is 16.9. The second-order valence-electron chi connectivity index (χ2n) is 7.94. The van der Waals surface area contributed by atoms with E-state index in [0.29, 0.717) is 49.2 Å². The van der Waals surface area contributed by atoms with Crippen molar-refractivity contribution in [2.24, 2.45) is 0 Å². The largest absolute Gasteiger partial charge is 0.486 e. The minimum absolute atomic E-state index is 0.137. The van der Waals surface area contributed by atoms with Crippen LogP contribution in [0.5, 0.6) is 17.4 Å². The van der Waals surface area contributed by atoms with Crippen molar-refractivity contribution in [1.82, 2.24) is 15.3 Å². The fraction of sp³-hybridized carbons (Fsp3) is 0.333. The van der Waals surface area contributed by atoms with Gasteiger partial charge < -0.3 is 24.3 Å². The summed E-state index contributed by atoms with van der Waals surface area (Å²) in [5, 5.41) is 2.86. The summed E-state index contributed by atoms with van der Waals surface area (Å²) in [6.07, 6.45) is 1.56. The Kier molecular flexibility index (Phi) is 6.03. The lowest BCUT2D eigenvalue weighted by molar-refractivity contribution is -0.121. The van der Waals surface area contributed by atoms with Gasteiger partial charge in [0.15, 0.2) is 11.5 Å². The number of rotatable bonds is 7. The molecule has 0 aliphatic carbocycles. The molecule has 176 valence electrons. The first-order chi connectivity index (χ1) is 16.6. The molecular formula is C24H24N4O6. The zero-order valence-electron chi connectivity index (χ0n) is 18.7. The number of hydrogen-bond acceptors (Lipinski definition) is 8. The molecule has 1 atom stereocenters. The van der Waals surface area contributed by atoms with Gasteiger partial charge in [-0.3, -0.25) is 14.7 Å². The number of cyclic esters (lactones) is 1. The standard InChI is InChI=1S/C24H24N4O6/c1-31-22-7-4-18-23(27-22)15(8-9-25-18)2-6-21(29)26-13-17-14-28(24(30)34-17)16-3-5-19-20(12-16)33-11-10-32-19/h3-5,7-9,12,17H,2,6,10-11,13-14H2,1H3,(H,26,29)/t17-/m1/s1. The predicted molar refractivity (Wildman–Crippen MR) is 122 cm³/mol. The zero-order chi connectivity index (χ0) is 23.5. The molecule has 10 heteroatoms. The van der Waals surface area contributed by atoms with Crippen LogP contribution in [0, 0.1) is 0 Å². The number of carbonyl (C=O) groups is 2. The average molecular weight is 464 g/mol. The van der Waals surface area contributed by atoms with Crippen molar-refractivity contribution in [2.75, 3.05) is 38.3 Å². The second kappa shape index (κ2) is 9.42. The molecule has 0 spiro atoms. The third-order valence-electron chi connectivity index (χ3n) is 5.71. The molecule has 2 amide bonds. The third kappa shape index (κ3) is 4.52. The summed E-state index contributed by atoms with van der Waals surface area (Å²) in [7, 11) is 1.56. The van der Waals surface area contributed by atoms with Crippen molar-refractivity contribution in [3.63, 3.8) is 0 Å². The van der Waals surface area contributed by atoms with Crippen LogP contribution in [0.25, 0.3) is 11.0 Å². The van der Waals surface area contributed by atoms with E-state index in [1.54, 1.807) is 37.6 Å². The molecule has 2 aromatic heterocycles. The van der Waals surface area contributed by atoms with Crippen LogP contribution < -0.4 is 24.4 Å². The van der Waals surface area contributed by atoms with Gasteiger partial charge in [-0.25, -0.2) is 9.78 Å². The molecule has 0 radical (unpaired) electrons. The number of ether oxygens (including phenoxy) is 4. The van der Waals surface area contributed by atoms with Crippen molar-refractivity contribution in [2.45, 2.75) is 18.9 Å². The highest BCUT2D eigenvalue weighted by atomic mass is 16.6. The fourth-order valence-electron chi connectivity index (χ4n) is 3.98. The number of anilines is 1. The van der Waals surface area contributed by atoms with E-state index in [9.17, 15) is 9.59 Å². The smallest absolute Gasteiger partial charge is 0.414 e. The van der Waals surface area contributed by atoms with Crippen molar-refractivity contribution in [3.8, 4) is 17.4 Å². The Morgan fingerprint density at radius 1 is 1.18 bits per heavy atom. The first kappa shape index (κ1) is 21.7. The van der Waals surface area contributed by atoms with Crippen molar-refractivity contribution in [3.05, 3.63) is 48.2 Å². The molecule has 0 saturated carbocycles. The lowest BCUT2D eigenvalue weighted by Gasteiger charge is -2.21. The Hall–Kier alpha value is -4.08. The molecular weight excluding hydrogens is 440 g/mol. The molecule has 3 aromatic rings. The van der Waals surface area contributed by atoms with Crippen LogP contribution >= 0.6 is 0 Å². The molecule has 2 aliphatic heterocycles. The molecule has 0 unspecified atom stereocenters. The molecule has 10 nitrogen and oxygen atoms in total. The number of aryl methyl sites for hydroxylation is 1. The number of amides is 2. The highest BCUT2D eigenvalue weighted by Gasteiger charge is 2.33. The number of aromatic nitrogens is 2. The van der Waals surface area contributed by atoms with Gasteiger partial charge in [-0.2, -0.15) is 0 Å². The van der Waals surface area contributed by atoms with Gasteiger partial charge >= 0.3 is 6.09 Å². The van der Waals surface area contributed by atoms with Gasteiger partial charge in [0.1, 0.15) is 19.3 Å². The van der Waals surface area contributed by atoms with Gasteiger partial charge in [-0.05, 0) is 36.2 Å². The highest BCUT2D eigenvalue weighted by molar-refractivity contribution is 5.90. The van der Waals surface area contributed by atoms with Crippen molar-refractivity contribution >= 4 is 28.7 Å². The topological polar surface area (TPSA) is 112 Å². The SMILES string of the molecule is COc1ccc2nccc(CCC(=O)NC[C@@H]3CN(c4ccc5c(c4)OCCO5)C(=O)O3)c2n1. The number of pyridine rings is 2. The minimum atomic E-state index is -0.459. The Morgan fingerprint density at radius 2 is 2.03 bits per heavy atom. The molecule has 1 N–H and O–H groups in total. The minimum Gasteiger partial charge on any atom is -0.486 e. The van der Waals surface area contributed by atoms with Crippen LogP contribution in [0.15, 0.2) is 42.6 Å². The van der Waals surface area contributed by atoms with Gasteiger partial charge in [0, 0.05) is 24.8 Å². The summed E-state index contributed by atoms with van der Waals surface area (Å²) in [6, 6.07) is 10.8. The van der Waals surface area contributed by atoms with E-state index in [0.717, 1.165) is 16.6 Å². The van der Waals surface area contributed by atoms with Crippen LogP contribution in [0.4, 0.5) is 10.5 Å². The summed E-state index contributed by atoms with van der Waals surface area (Å²) in [6.45, 7) is 1.53. The van der Waals surface area contributed by atoms with Crippen LogP contribution in [-0.2, 0) is 16.0 Å². The molecule has 4 heterocycles. The molecule has 1 aromatic carbocycles. The summed E-state index contributed by atoms with van der Waals surface area (Å²) >= 11 is 0. The monoisotopic (exact) mass is 464 g/mol. The van der Waals surface area contributed by atoms with E-state index in [1.807, 2.05) is 12.1 Å². The van der Waals surface area contributed by atoms with Crippen LogP contribution in [0.1, 0.15) is 12.0 Å². The van der Waals surface area contributed by atoms with Crippen LogP contribution in [0.2, 0.25) is 0 Å². The lowest BCUT2D eigenvalue weighted by atomic mass is 10.1. The van der Waals surface area contributed by atoms with Crippen molar-refractivity contribution in [1.29, 1.82) is 0 Å². The van der Waals surface area contributed by atoms with E-state index >= 15 is 0 Å². The maximum Gasteiger partial charge on any atom is 0.414 e. The molecule has 1 saturated heterocycles. The summed E-state index contributed by atoms with van der Waals surface area (Å²) < 4.78 is 21.8. The van der Waals surface area contributed by atoms with Gasteiger partial charge in [-0.15, -0.1) is 0 Å². The van der Waals surface area contributed by atoms with Gasteiger partial charge in [0.05, 0.1) is 36.9 Å². The quantitative estimate of drug-likeness (QED) is 0.568. The Balaban J connectivity index is 1.15. The maximum absolute atomic E-state index is 12.5. The fourth-order valence-corrected chi connectivity index (χ4v) is 3.98. The Bertz CT molecular complexity index is 1230. The first-order valence-electron chi connectivity index (χ1n) is 11.0. The predicted octanol–water partition coefficient (Wildman–Crippen LogP) is 2.48. The number of fused-ring (bicyclic) bond motifs is 2. The number of carbonyl (C=O) groups excluding carboxylic acids is 2. The second-order valence-corrected chi connectivity index (χ2v) is 7.94. The number of nitrogens with one attached hydrogen (secondary N) is 1. The Labute approximate surface area is 195 Å². The van der Waals surface area contributed by atoms with E-state index in [-0.39, 0.29) is 18.9 Å². The van der Waals surface area contributed by atoms with Crippen LogP contribution in [-0.4, -0.2) is 61.5 Å². The molecule has 5 rings (SSSR count). The van der Waals surface area contributed by atoms with E-state index in [4.69, 9.17) is 18.9 Å². The van der Waals surface area contributed by atoms with E-state index in [1.165, 1.54) is 4.90 Å². The summed E-state index contributed by atoms with van der Waals surface area (Å²) in [5.41, 5.74) is 3.04. The maximum atomic E-state index is 12.5. The zero-order valence-corrected chi connectivity index (χ0v) is 18.7. The number of nitrogens with zero attached hydrogens (tertiary/aromatic N) is 3. The van der Waals surface area contributed by atoms with Crippen LogP contribution in [0.3, 0.4) is 0 Å². The van der Waals surface area contributed by atoms with Gasteiger partial charge in [0.25, 0.3) is 0 Å². The molecule has 34 heavy (non-hydrogen) atoms. The van der Waals surface area contributed by atoms with Crippen molar-refractivity contribution < 1.29 is 28.5 Å². The first-order valence-corrected chi connectivity index (χ1v) is 11.0. The highest BCUT2D eigenvalue weighted by Crippen LogP contribution is 2.35. The van der Waals surface area contributed by atoms with E-state index in [2.05, 4.69) is 15.3 Å². The molecule has 2 aliphatic rings. The third-order valence-corrected chi connectivity index (χ3v) is 5.71. The van der Waals surface area contributed by atoms with Gasteiger partial charge in [-0.1, -0.05) is 0 Å². The van der Waals surface area contributed by atoms with E-state index < -0.39 is 12.2 Å². The summed E-state index contributed by atoms with van der Waals surface area (Å²) in [4.78, 5) is 35.1. The number of hydrogen-bond donors (Lipinski definition) is 1. The summed E-state index contributed by atoms with van der Waals surface area (Å²) in [5.74, 6) is 1.62.